The molecule has 0 unspecified atom stereocenters. The summed E-state index contributed by atoms with van der Waals surface area (Å²) >= 11 is 11.7. The first-order valence-corrected chi connectivity index (χ1v) is 12.4. The Kier molecular flexibility index (Phi) is 20.9. The molecule has 0 aromatic rings. The zero-order valence-corrected chi connectivity index (χ0v) is 23.8. The Morgan fingerprint density at radius 1 is 1.08 bits per heavy atom. The van der Waals surface area contributed by atoms with Crippen molar-refractivity contribution in [2.24, 2.45) is 17.3 Å². The van der Waals surface area contributed by atoms with Crippen molar-refractivity contribution >= 4 is 36.0 Å². The van der Waals surface area contributed by atoms with Crippen molar-refractivity contribution in [2.75, 3.05) is 19.6 Å². The van der Waals surface area contributed by atoms with Crippen LogP contribution in [0.4, 0.5) is 8.78 Å². The number of carbonyl (C=O) groups is 2. The van der Waals surface area contributed by atoms with Crippen LogP contribution in [-0.2, 0) is 9.59 Å². The molecule has 0 radical (unpaired) electrons. The van der Waals surface area contributed by atoms with Crippen LogP contribution in [0.1, 0.15) is 48.5 Å². The van der Waals surface area contributed by atoms with Crippen LogP contribution in [0, 0.1) is 17.3 Å². The van der Waals surface area contributed by atoms with E-state index in [4.69, 9.17) is 23.2 Å². The lowest BCUT2D eigenvalue weighted by Gasteiger charge is -2.10. The van der Waals surface area contributed by atoms with Crippen LogP contribution in [0.25, 0.3) is 0 Å². The van der Waals surface area contributed by atoms with E-state index in [0.29, 0.717) is 37.0 Å². The Bertz CT molecular complexity index is 836. The molecule has 0 aromatic carbocycles. The summed E-state index contributed by atoms with van der Waals surface area (Å²) < 4.78 is 28.2. The molecule has 0 spiro atoms. The van der Waals surface area contributed by atoms with E-state index in [1.807, 2.05) is 13.8 Å². The fourth-order valence-corrected chi connectivity index (χ4v) is 2.77. The van der Waals surface area contributed by atoms with E-state index >= 15 is 0 Å². The molecule has 36 heavy (non-hydrogen) atoms. The highest BCUT2D eigenvalue weighted by Gasteiger charge is 2.24. The first kappa shape index (κ1) is 35.9. The summed E-state index contributed by atoms with van der Waals surface area (Å²) in [7, 11) is 0. The summed E-state index contributed by atoms with van der Waals surface area (Å²) in [6, 6.07) is 0. The predicted octanol–water partition coefficient (Wildman–Crippen LogP) is 6.80. The van der Waals surface area contributed by atoms with Gasteiger partial charge in [-0.05, 0) is 62.3 Å². The van der Waals surface area contributed by atoms with Gasteiger partial charge < -0.3 is 16.0 Å². The number of amides is 2. The van der Waals surface area contributed by atoms with E-state index in [2.05, 4.69) is 43.6 Å². The minimum absolute atomic E-state index is 0.0233. The Balaban J connectivity index is 0. The summed E-state index contributed by atoms with van der Waals surface area (Å²) in [5, 5.41) is 7.84. The van der Waals surface area contributed by atoms with Crippen LogP contribution in [0.2, 0.25) is 0 Å². The lowest BCUT2D eigenvalue weighted by atomic mass is 9.94. The maximum atomic E-state index is 14.1. The van der Waals surface area contributed by atoms with Crippen molar-refractivity contribution in [1.82, 2.24) is 16.0 Å². The standard InChI is InChI=1S/C19H22Cl2F2N2O.C5H12.C3H7NO/c1-3-4-5-16(20)19(23)9-15-11-24-10-14(15)6-7-18(22)17(21)8-13(2)25-12-26;1-5(2,3)4;1-2-4-3-5/h3-9,12,14-15,24H,10-11H2,1-2H3,(H,25,26);1-4H3;3H,2H2,1H3,(H,4,5)/b4-3-,7-6+,13-8+,16-5+,18-17-,19-9-;;/t14-,15+;;/m1../s1. The highest BCUT2D eigenvalue weighted by Crippen LogP contribution is 2.26. The summed E-state index contributed by atoms with van der Waals surface area (Å²) in [6.45, 7) is 15.9. The van der Waals surface area contributed by atoms with E-state index in [1.54, 1.807) is 25.2 Å². The summed E-state index contributed by atoms with van der Waals surface area (Å²) in [6.07, 6.45) is 11.7. The zero-order chi connectivity index (χ0) is 28.1. The number of hydrogen-bond acceptors (Lipinski definition) is 3. The molecular weight excluding hydrogens is 507 g/mol. The van der Waals surface area contributed by atoms with Gasteiger partial charge in [-0.2, -0.15) is 0 Å². The first-order valence-electron chi connectivity index (χ1n) is 11.7. The molecule has 1 rings (SSSR count). The van der Waals surface area contributed by atoms with Crippen LogP contribution < -0.4 is 16.0 Å². The number of carbonyl (C=O) groups excluding carboxylic acids is 2. The number of nitrogens with one attached hydrogen (secondary N) is 3. The highest BCUT2D eigenvalue weighted by atomic mass is 35.5. The molecule has 1 saturated heterocycles. The second-order valence-electron chi connectivity index (χ2n) is 9.36. The normalized spacial score (nSPS) is 19.7. The molecule has 2 atom stereocenters. The molecule has 1 heterocycles. The largest absolute Gasteiger partial charge is 0.359 e. The number of halogens is 4. The molecular formula is C27H41Cl2F2N3O2. The van der Waals surface area contributed by atoms with Crippen molar-refractivity contribution < 1.29 is 18.4 Å². The van der Waals surface area contributed by atoms with Gasteiger partial charge in [0.2, 0.25) is 12.8 Å². The number of allylic oxidation sites excluding steroid dienone is 10. The summed E-state index contributed by atoms with van der Waals surface area (Å²) in [5.74, 6) is -1.40. The topological polar surface area (TPSA) is 70.2 Å². The van der Waals surface area contributed by atoms with Gasteiger partial charge in [-0.25, -0.2) is 8.78 Å². The van der Waals surface area contributed by atoms with E-state index in [1.165, 1.54) is 24.3 Å². The molecule has 204 valence electrons. The quantitative estimate of drug-likeness (QED) is 0.208. The lowest BCUT2D eigenvalue weighted by Crippen LogP contribution is -2.08. The molecule has 1 aliphatic rings. The van der Waals surface area contributed by atoms with Gasteiger partial charge in [0.25, 0.3) is 0 Å². The van der Waals surface area contributed by atoms with Gasteiger partial charge in [0.15, 0.2) is 0 Å². The lowest BCUT2D eigenvalue weighted by molar-refractivity contribution is -0.110. The molecule has 3 N–H and O–H groups in total. The van der Waals surface area contributed by atoms with E-state index in [0.717, 1.165) is 6.54 Å². The summed E-state index contributed by atoms with van der Waals surface area (Å²) in [5.41, 5.74) is 0.918. The predicted molar refractivity (Wildman–Crippen MR) is 149 cm³/mol. The van der Waals surface area contributed by atoms with Crippen molar-refractivity contribution in [3.05, 3.63) is 69.9 Å². The van der Waals surface area contributed by atoms with Gasteiger partial charge in [0.05, 0.1) is 10.1 Å². The van der Waals surface area contributed by atoms with Gasteiger partial charge in [-0.3, -0.25) is 9.59 Å². The third-order valence-electron chi connectivity index (χ3n) is 3.97. The molecule has 2 amide bonds. The fraction of sp³-hybridized carbons (Fsp3) is 0.481. The highest BCUT2D eigenvalue weighted by molar-refractivity contribution is 6.32. The van der Waals surface area contributed by atoms with Gasteiger partial charge in [-0.1, -0.05) is 69.1 Å². The maximum Gasteiger partial charge on any atom is 0.211 e. The van der Waals surface area contributed by atoms with Crippen molar-refractivity contribution in [1.29, 1.82) is 0 Å². The number of hydrogen-bond donors (Lipinski definition) is 3. The van der Waals surface area contributed by atoms with Crippen LogP contribution >= 0.6 is 23.2 Å². The minimum atomic E-state index is -0.639. The monoisotopic (exact) mass is 547 g/mol. The van der Waals surface area contributed by atoms with E-state index < -0.39 is 11.7 Å². The van der Waals surface area contributed by atoms with Gasteiger partial charge >= 0.3 is 0 Å². The van der Waals surface area contributed by atoms with Crippen molar-refractivity contribution in [2.45, 2.75) is 48.5 Å². The van der Waals surface area contributed by atoms with Crippen LogP contribution in [0.3, 0.4) is 0 Å². The zero-order valence-electron chi connectivity index (χ0n) is 22.3. The van der Waals surface area contributed by atoms with Gasteiger partial charge in [0, 0.05) is 25.3 Å². The van der Waals surface area contributed by atoms with Crippen molar-refractivity contribution in [3.63, 3.8) is 0 Å². The Hall–Kier alpha value is -2.22. The molecule has 0 saturated carbocycles. The van der Waals surface area contributed by atoms with E-state index in [9.17, 15) is 18.4 Å². The Labute approximate surface area is 225 Å². The summed E-state index contributed by atoms with van der Waals surface area (Å²) in [4.78, 5) is 19.6. The van der Waals surface area contributed by atoms with Crippen LogP contribution in [0.5, 0.6) is 0 Å². The van der Waals surface area contributed by atoms with E-state index in [-0.39, 0.29) is 21.9 Å². The Morgan fingerprint density at radius 3 is 2.14 bits per heavy atom. The second kappa shape index (κ2) is 20.9. The van der Waals surface area contributed by atoms with Gasteiger partial charge in [0.1, 0.15) is 11.7 Å². The van der Waals surface area contributed by atoms with Crippen LogP contribution in [-0.4, -0.2) is 32.5 Å². The molecule has 5 nitrogen and oxygen atoms in total. The third kappa shape index (κ3) is 21.1. The van der Waals surface area contributed by atoms with Gasteiger partial charge in [-0.15, -0.1) is 0 Å². The smallest absolute Gasteiger partial charge is 0.211 e. The fourth-order valence-electron chi connectivity index (χ4n) is 2.41. The average Bonchev–Trinajstić information content (AvgIpc) is 3.22. The average molecular weight is 549 g/mol. The molecule has 1 aliphatic heterocycles. The molecule has 0 bridgehead atoms. The minimum Gasteiger partial charge on any atom is -0.359 e. The van der Waals surface area contributed by atoms with Crippen LogP contribution in [0.15, 0.2) is 69.9 Å². The van der Waals surface area contributed by atoms with Crippen molar-refractivity contribution in [3.8, 4) is 0 Å². The molecule has 9 heteroatoms. The second-order valence-corrected chi connectivity index (χ2v) is 10.2. The molecule has 1 fully saturated rings. The number of rotatable bonds is 10. The SMILES string of the molecule is CC(C)(C)C.CCNC=O.C\C=C/C=C(Cl)\C(F)=C\[C@H]1CNC[C@H]1/C=C/C(F)=C(Cl)\C=C(/C)NC=O. The molecule has 0 aliphatic carbocycles. The third-order valence-corrected chi connectivity index (χ3v) is 4.56. The molecule has 0 aromatic heterocycles. The Morgan fingerprint density at radius 2 is 1.67 bits per heavy atom. The first-order chi connectivity index (χ1) is 16.8. The maximum absolute atomic E-state index is 14.1.